The van der Waals surface area contributed by atoms with Crippen molar-refractivity contribution >= 4 is 31.9 Å². The first kappa shape index (κ1) is 14.5. The number of rotatable bonds is 3. The van der Waals surface area contributed by atoms with Crippen molar-refractivity contribution in [3.63, 3.8) is 0 Å². The second kappa shape index (κ2) is 5.22. The first-order valence-electron chi connectivity index (χ1n) is 5.81. The van der Waals surface area contributed by atoms with Gasteiger partial charge in [0.1, 0.15) is 0 Å². The zero-order valence-corrected chi connectivity index (χ0v) is 12.7. The topological polar surface area (TPSA) is 74.7 Å². The van der Waals surface area contributed by atoms with E-state index in [1.165, 1.54) is 16.4 Å². The molecule has 5 nitrogen and oxygen atoms in total. The van der Waals surface area contributed by atoms with Crippen molar-refractivity contribution < 1.29 is 18.3 Å². The molecule has 1 aliphatic rings. The fourth-order valence-corrected chi connectivity index (χ4v) is 4.03. The normalized spacial score (nSPS) is 24.5. The lowest BCUT2D eigenvalue weighted by atomic mass is 9.99. The quantitative estimate of drug-likeness (QED) is 0.904. The molecule has 2 atom stereocenters. The number of aliphatic carboxylic acids is 1. The van der Waals surface area contributed by atoms with E-state index in [0.717, 1.165) is 4.47 Å². The number of carboxylic acids is 1. The Balaban J connectivity index is 2.27. The summed E-state index contributed by atoms with van der Waals surface area (Å²) in [6, 6.07) is 6.33. The van der Waals surface area contributed by atoms with E-state index in [0.29, 0.717) is 0 Å². The number of nitrogens with zero attached hydrogens (tertiary/aromatic N) is 1. The Bertz CT molecular complexity index is 584. The van der Waals surface area contributed by atoms with Crippen LogP contribution < -0.4 is 0 Å². The van der Waals surface area contributed by atoms with Gasteiger partial charge in [-0.25, -0.2) is 8.42 Å². The highest BCUT2D eigenvalue weighted by atomic mass is 79.9. The second-order valence-corrected chi connectivity index (χ2v) is 7.55. The third-order valence-electron chi connectivity index (χ3n) is 3.35. The van der Waals surface area contributed by atoms with Gasteiger partial charge in [-0.05, 0) is 30.2 Å². The molecule has 2 unspecified atom stereocenters. The monoisotopic (exact) mass is 347 g/mol. The van der Waals surface area contributed by atoms with E-state index >= 15 is 0 Å². The average Bonchev–Trinajstić information content (AvgIpc) is 2.72. The third kappa shape index (κ3) is 2.82. The van der Waals surface area contributed by atoms with Crippen molar-refractivity contribution in [3.05, 3.63) is 28.7 Å². The molecule has 1 fully saturated rings. The molecule has 7 heteroatoms. The molecule has 0 amide bonds. The Morgan fingerprint density at radius 2 is 1.89 bits per heavy atom. The summed E-state index contributed by atoms with van der Waals surface area (Å²) < 4.78 is 26.8. The minimum atomic E-state index is -3.61. The standard InChI is InChI=1S/C12H14BrNO4S/c1-8-6-14(7-11(8)12(15)16)19(17,18)10-4-2-9(13)3-5-10/h2-5,8,11H,6-7H2,1H3,(H,15,16). The van der Waals surface area contributed by atoms with Crippen LogP contribution in [0.2, 0.25) is 0 Å². The summed E-state index contributed by atoms with van der Waals surface area (Å²) in [5.41, 5.74) is 0. The molecule has 0 bridgehead atoms. The van der Waals surface area contributed by atoms with Crippen LogP contribution in [0.25, 0.3) is 0 Å². The molecule has 0 aromatic heterocycles. The Morgan fingerprint density at radius 1 is 1.32 bits per heavy atom. The van der Waals surface area contributed by atoms with Crippen molar-refractivity contribution in [2.24, 2.45) is 11.8 Å². The van der Waals surface area contributed by atoms with Gasteiger partial charge in [0.15, 0.2) is 0 Å². The number of halogens is 1. The number of sulfonamides is 1. The molecule has 1 aromatic rings. The predicted octanol–water partition coefficient (Wildman–Crippen LogP) is 1.79. The fourth-order valence-electron chi connectivity index (χ4n) is 2.20. The largest absolute Gasteiger partial charge is 0.481 e. The highest BCUT2D eigenvalue weighted by Crippen LogP contribution is 2.29. The maximum absolute atomic E-state index is 12.4. The summed E-state index contributed by atoms with van der Waals surface area (Å²) in [4.78, 5) is 11.2. The van der Waals surface area contributed by atoms with Gasteiger partial charge in [-0.3, -0.25) is 4.79 Å². The minimum absolute atomic E-state index is 0.0366. The molecule has 1 saturated heterocycles. The van der Waals surface area contributed by atoms with Crippen LogP contribution in [0.15, 0.2) is 33.6 Å². The maximum Gasteiger partial charge on any atom is 0.308 e. The minimum Gasteiger partial charge on any atom is -0.481 e. The summed E-state index contributed by atoms with van der Waals surface area (Å²) in [5, 5.41) is 9.05. The molecule has 1 heterocycles. The maximum atomic E-state index is 12.4. The molecule has 19 heavy (non-hydrogen) atoms. The third-order valence-corrected chi connectivity index (χ3v) is 5.72. The lowest BCUT2D eigenvalue weighted by Gasteiger charge is -2.16. The van der Waals surface area contributed by atoms with Gasteiger partial charge >= 0.3 is 5.97 Å². The molecule has 0 spiro atoms. The molecule has 104 valence electrons. The van der Waals surface area contributed by atoms with Crippen LogP contribution in [0.5, 0.6) is 0 Å². The van der Waals surface area contributed by atoms with Crippen molar-refractivity contribution in [1.29, 1.82) is 0 Å². The Morgan fingerprint density at radius 3 is 2.37 bits per heavy atom. The zero-order chi connectivity index (χ0) is 14.2. The first-order valence-corrected chi connectivity index (χ1v) is 8.04. The van der Waals surface area contributed by atoms with Crippen LogP contribution in [-0.4, -0.2) is 36.9 Å². The average molecular weight is 348 g/mol. The van der Waals surface area contributed by atoms with Crippen LogP contribution in [0.4, 0.5) is 0 Å². The highest BCUT2D eigenvalue weighted by Gasteiger charge is 2.40. The van der Waals surface area contributed by atoms with E-state index in [9.17, 15) is 13.2 Å². The molecule has 2 rings (SSSR count). The molecule has 1 aromatic carbocycles. The van der Waals surface area contributed by atoms with E-state index in [2.05, 4.69) is 15.9 Å². The fraction of sp³-hybridized carbons (Fsp3) is 0.417. The summed E-state index contributed by atoms with van der Waals surface area (Å²) in [6.45, 7) is 2.04. The van der Waals surface area contributed by atoms with Crippen LogP contribution in [0, 0.1) is 11.8 Å². The van der Waals surface area contributed by atoms with E-state index < -0.39 is 21.9 Å². The van der Waals surface area contributed by atoms with Crippen molar-refractivity contribution in [2.75, 3.05) is 13.1 Å². The summed E-state index contributed by atoms with van der Waals surface area (Å²) in [7, 11) is -3.61. The molecular weight excluding hydrogens is 334 g/mol. The van der Waals surface area contributed by atoms with Gasteiger partial charge in [-0.2, -0.15) is 4.31 Å². The smallest absolute Gasteiger partial charge is 0.308 e. The van der Waals surface area contributed by atoms with Crippen molar-refractivity contribution in [2.45, 2.75) is 11.8 Å². The van der Waals surface area contributed by atoms with Gasteiger partial charge in [0.2, 0.25) is 10.0 Å². The van der Waals surface area contributed by atoms with Gasteiger partial charge in [0.25, 0.3) is 0 Å². The van der Waals surface area contributed by atoms with Gasteiger partial charge in [-0.15, -0.1) is 0 Å². The van der Waals surface area contributed by atoms with E-state index in [4.69, 9.17) is 5.11 Å². The molecule has 1 N–H and O–H groups in total. The Labute approximate surface area is 120 Å². The van der Waals surface area contributed by atoms with Crippen LogP contribution >= 0.6 is 15.9 Å². The second-order valence-electron chi connectivity index (χ2n) is 4.70. The number of hydrogen-bond donors (Lipinski definition) is 1. The molecule has 0 radical (unpaired) electrons. The van der Waals surface area contributed by atoms with Crippen LogP contribution in [0.1, 0.15) is 6.92 Å². The van der Waals surface area contributed by atoms with Gasteiger partial charge in [0.05, 0.1) is 10.8 Å². The SMILES string of the molecule is CC1CN(S(=O)(=O)c2ccc(Br)cc2)CC1C(=O)O. The van der Waals surface area contributed by atoms with Gasteiger partial charge < -0.3 is 5.11 Å². The van der Waals surface area contributed by atoms with Crippen LogP contribution in [-0.2, 0) is 14.8 Å². The number of carboxylic acid groups (broad SMARTS) is 1. The first-order chi connectivity index (χ1) is 8.82. The number of hydrogen-bond acceptors (Lipinski definition) is 3. The number of carbonyl (C=O) groups is 1. The number of benzene rings is 1. The Kier molecular flexibility index (Phi) is 3.98. The predicted molar refractivity (Wildman–Crippen MR) is 73.2 cm³/mol. The summed E-state index contributed by atoms with van der Waals surface area (Å²) in [6.07, 6.45) is 0. The highest BCUT2D eigenvalue weighted by molar-refractivity contribution is 9.10. The van der Waals surface area contributed by atoms with Gasteiger partial charge in [-0.1, -0.05) is 22.9 Å². The zero-order valence-electron chi connectivity index (χ0n) is 10.3. The van der Waals surface area contributed by atoms with E-state index in [-0.39, 0.29) is 23.9 Å². The van der Waals surface area contributed by atoms with Crippen molar-refractivity contribution in [3.8, 4) is 0 Å². The summed E-state index contributed by atoms with van der Waals surface area (Å²) >= 11 is 3.25. The lowest BCUT2D eigenvalue weighted by Crippen LogP contribution is -2.30. The van der Waals surface area contributed by atoms with Gasteiger partial charge in [0, 0.05) is 17.6 Å². The van der Waals surface area contributed by atoms with Crippen LogP contribution in [0.3, 0.4) is 0 Å². The van der Waals surface area contributed by atoms with E-state index in [1.54, 1.807) is 19.1 Å². The van der Waals surface area contributed by atoms with E-state index in [1.807, 2.05) is 0 Å². The summed E-state index contributed by atoms with van der Waals surface area (Å²) in [5.74, 6) is -1.76. The molecule has 0 aliphatic carbocycles. The molecular formula is C12H14BrNO4S. The molecule has 0 saturated carbocycles. The lowest BCUT2D eigenvalue weighted by molar-refractivity contribution is -0.142. The Hall–Kier alpha value is -0.920. The molecule has 1 aliphatic heterocycles. The van der Waals surface area contributed by atoms with Crippen molar-refractivity contribution in [1.82, 2.24) is 4.31 Å².